The van der Waals surface area contributed by atoms with Gasteiger partial charge in [0.1, 0.15) is 12.5 Å². The van der Waals surface area contributed by atoms with Crippen LogP contribution in [0.3, 0.4) is 0 Å². The van der Waals surface area contributed by atoms with Crippen LogP contribution in [0.5, 0.6) is 0 Å². The molecule has 2 aliphatic rings. The third-order valence-corrected chi connectivity index (χ3v) is 6.57. The Labute approximate surface area is 195 Å². The van der Waals surface area contributed by atoms with Gasteiger partial charge in [0.15, 0.2) is 0 Å². The molecule has 1 N–H and O–H groups in total. The molecule has 174 valence electrons. The van der Waals surface area contributed by atoms with Gasteiger partial charge in [-0.15, -0.1) is 0 Å². The average molecular weight is 471 g/mol. The lowest BCUT2D eigenvalue weighted by molar-refractivity contribution is -0.431. The number of ether oxygens (including phenoxy) is 1. The van der Waals surface area contributed by atoms with Crippen LogP contribution in [0, 0.1) is 10.1 Å². The Kier molecular flexibility index (Phi) is 6.99. The van der Waals surface area contributed by atoms with Crippen LogP contribution in [-0.4, -0.2) is 65.1 Å². The van der Waals surface area contributed by atoms with Crippen molar-refractivity contribution in [1.29, 1.82) is 0 Å². The van der Waals surface area contributed by atoms with Gasteiger partial charge in [0, 0.05) is 50.8 Å². The Morgan fingerprint density at radius 1 is 1.24 bits per heavy atom. The standard InChI is InChI=1S/C22H26N6O4S/c1-15-18(19(17-4-13-33-14-17)20(28(30)31)16(2)25-15)21(29)32-12-11-26-7-9-27(10-8-26)22-23-5-3-6-24-22/h3-6,13-14,19,25H,7-12H2,1-2H3. The molecule has 1 fully saturated rings. The number of piperazine rings is 1. The molecule has 0 amide bonds. The van der Waals surface area contributed by atoms with Gasteiger partial charge >= 0.3 is 5.97 Å². The number of thiophene rings is 1. The molecule has 1 saturated heterocycles. The molecule has 0 aliphatic carbocycles. The fraction of sp³-hybridized carbons (Fsp3) is 0.409. The quantitative estimate of drug-likeness (QED) is 0.370. The van der Waals surface area contributed by atoms with E-state index in [1.54, 1.807) is 32.3 Å². The summed E-state index contributed by atoms with van der Waals surface area (Å²) in [7, 11) is 0. The maximum absolute atomic E-state index is 13.1. The van der Waals surface area contributed by atoms with Gasteiger partial charge < -0.3 is 15.0 Å². The van der Waals surface area contributed by atoms with Gasteiger partial charge in [0.2, 0.25) is 5.95 Å². The van der Waals surface area contributed by atoms with Gasteiger partial charge in [-0.25, -0.2) is 14.8 Å². The van der Waals surface area contributed by atoms with E-state index in [0.29, 0.717) is 17.9 Å². The van der Waals surface area contributed by atoms with Crippen molar-refractivity contribution >= 4 is 23.3 Å². The van der Waals surface area contributed by atoms with Crippen LogP contribution in [0.4, 0.5) is 5.95 Å². The zero-order valence-corrected chi connectivity index (χ0v) is 19.4. The predicted octanol–water partition coefficient (Wildman–Crippen LogP) is 2.37. The number of nitro groups is 1. The number of hydrogen-bond acceptors (Lipinski definition) is 10. The monoisotopic (exact) mass is 470 g/mol. The van der Waals surface area contributed by atoms with Crippen molar-refractivity contribution in [1.82, 2.24) is 20.2 Å². The summed E-state index contributed by atoms with van der Waals surface area (Å²) in [6.45, 7) is 7.42. The van der Waals surface area contributed by atoms with Crippen molar-refractivity contribution in [2.24, 2.45) is 0 Å². The number of anilines is 1. The first-order chi connectivity index (χ1) is 16.0. The van der Waals surface area contributed by atoms with Crippen LogP contribution in [-0.2, 0) is 9.53 Å². The highest BCUT2D eigenvalue weighted by Gasteiger charge is 2.41. The number of hydrogen-bond donors (Lipinski definition) is 1. The van der Waals surface area contributed by atoms with Crippen LogP contribution in [0.15, 0.2) is 58.0 Å². The van der Waals surface area contributed by atoms with Gasteiger partial charge in [0.05, 0.1) is 16.2 Å². The number of aromatic nitrogens is 2. The molecule has 1 unspecified atom stereocenters. The Morgan fingerprint density at radius 2 is 1.97 bits per heavy atom. The van der Waals surface area contributed by atoms with Crippen molar-refractivity contribution in [3.05, 3.63) is 73.6 Å². The van der Waals surface area contributed by atoms with Crippen LogP contribution < -0.4 is 10.2 Å². The Balaban J connectivity index is 1.37. The Bertz CT molecular complexity index is 1060. The van der Waals surface area contributed by atoms with Crippen molar-refractivity contribution in [2.75, 3.05) is 44.2 Å². The first-order valence-corrected chi connectivity index (χ1v) is 11.7. The molecular formula is C22H26N6O4S. The van der Waals surface area contributed by atoms with Gasteiger partial charge in [-0.1, -0.05) is 0 Å². The zero-order chi connectivity index (χ0) is 23.4. The molecule has 4 rings (SSSR count). The number of nitrogens with zero attached hydrogens (tertiary/aromatic N) is 5. The molecule has 0 saturated carbocycles. The van der Waals surface area contributed by atoms with E-state index in [0.717, 1.165) is 37.7 Å². The fourth-order valence-corrected chi connectivity index (χ4v) is 4.92. The van der Waals surface area contributed by atoms with E-state index in [1.165, 1.54) is 11.3 Å². The SMILES string of the molecule is CC1=C(C(=O)OCCN2CCN(c3ncccn3)CC2)C(c2ccsc2)C([N+](=O)[O-])=C(C)N1. The van der Waals surface area contributed by atoms with E-state index in [1.807, 2.05) is 16.8 Å². The minimum absolute atomic E-state index is 0.0230. The lowest BCUT2D eigenvalue weighted by Crippen LogP contribution is -2.48. The highest BCUT2D eigenvalue weighted by molar-refractivity contribution is 7.08. The number of allylic oxidation sites excluding steroid dienone is 3. The second-order valence-corrected chi connectivity index (χ2v) is 8.71. The van der Waals surface area contributed by atoms with Crippen molar-refractivity contribution in [3.8, 4) is 0 Å². The van der Waals surface area contributed by atoms with Crippen molar-refractivity contribution < 1.29 is 14.5 Å². The van der Waals surface area contributed by atoms with Gasteiger partial charge in [0.25, 0.3) is 5.70 Å². The van der Waals surface area contributed by atoms with Gasteiger partial charge in [-0.2, -0.15) is 11.3 Å². The molecule has 2 aromatic heterocycles. The van der Waals surface area contributed by atoms with Crippen LogP contribution >= 0.6 is 11.3 Å². The summed E-state index contributed by atoms with van der Waals surface area (Å²) in [5.41, 5.74) is 2.00. The molecule has 11 heteroatoms. The van der Waals surface area contributed by atoms with E-state index < -0.39 is 16.8 Å². The largest absolute Gasteiger partial charge is 0.461 e. The fourth-order valence-electron chi connectivity index (χ4n) is 4.23. The van der Waals surface area contributed by atoms with E-state index in [2.05, 4.69) is 25.1 Å². The van der Waals surface area contributed by atoms with E-state index in [9.17, 15) is 14.9 Å². The number of esters is 1. The van der Waals surface area contributed by atoms with Crippen molar-refractivity contribution in [3.63, 3.8) is 0 Å². The average Bonchev–Trinajstić information content (AvgIpc) is 3.34. The molecule has 33 heavy (non-hydrogen) atoms. The maximum Gasteiger partial charge on any atom is 0.337 e. The number of nitrogens with one attached hydrogen (secondary N) is 1. The maximum atomic E-state index is 13.1. The summed E-state index contributed by atoms with van der Waals surface area (Å²) in [5.74, 6) is -0.561. The van der Waals surface area contributed by atoms with Crippen LogP contribution in [0.25, 0.3) is 0 Å². The predicted molar refractivity (Wildman–Crippen MR) is 124 cm³/mol. The van der Waals surface area contributed by atoms with Crippen molar-refractivity contribution in [2.45, 2.75) is 19.8 Å². The third kappa shape index (κ3) is 5.04. The second kappa shape index (κ2) is 10.1. The highest BCUT2D eigenvalue weighted by Crippen LogP contribution is 2.39. The lowest BCUT2D eigenvalue weighted by atomic mass is 9.85. The summed E-state index contributed by atoms with van der Waals surface area (Å²) in [4.78, 5) is 37.4. The van der Waals surface area contributed by atoms with Gasteiger partial charge in [-0.3, -0.25) is 15.0 Å². The summed E-state index contributed by atoms with van der Waals surface area (Å²) < 4.78 is 5.60. The number of dihydropyridines is 1. The summed E-state index contributed by atoms with van der Waals surface area (Å²) in [6.07, 6.45) is 3.46. The molecule has 0 aromatic carbocycles. The molecule has 0 bridgehead atoms. The molecule has 0 spiro atoms. The molecule has 2 aromatic rings. The normalized spacial score (nSPS) is 19.5. The smallest absolute Gasteiger partial charge is 0.337 e. The molecule has 0 radical (unpaired) electrons. The Hall–Kier alpha value is -3.31. The highest BCUT2D eigenvalue weighted by atomic mass is 32.1. The Morgan fingerprint density at radius 3 is 2.61 bits per heavy atom. The molecule has 4 heterocycles. The zero-order valence-electron chi connectivity index (χ0n) is 18.6. The van der Waals surface area contributed by atoms with E-state index in [4.69, 9.17) is 4.74 Å². The lowest BCUT2D eigenvalue weighted by Gasteiger charge is -2.34. The number of rotatable bonds is 7. The minimum atomic E-state index is -0.755. The number of carbonyl (C=O) groups is 1. The van der Waals surface area contributed by atoms with E-state index >= 15 is 0 Å². The number of carbonyl (C=O) groups excluding carboxylic acids is 1. The first-order valence-electron chi connectivity index (χ1n) is 10.7. The van der Waals surface area contributed by atoms with E-state index in [-0.39, 0.29) is 17.9 Å². The molecule has 2 aliphatic heterocycles. The second-order valence-electron chi connectivity index (χ2n) is 7.93. The summed E-state index contributed by atoms with van der Waals surface area (Å²) >= 11 is 1.44. The van der Waals surface area contributed by atoms with Crippen LogP contribution in [0.1, 0.15) is 25.3 Å². The van der Waals surface area contributed by atoms with Crippen LogP contribution in [0.2, 0.25) is 0 Å². The molecule has 10 nitrogen and oxygen atoms in total. The first kappa shape index (κ1) is 22.9. The molecular weight excluding hydrogens is 444 g/mol. The van der Waals surface area contributed by atoms with Gasteiger partial charge in [-0.05, 0) is 42.3 Å². The summed E-state index contributed by atoms with van der Waals surface area (Å²) in [6, 6.07) is 3.61. The minimum Gasteiger partial charge on any atom is -0.461 e. The summed E-state index contributed by atoms with van der Waals surface area (Å²) in [5, 5.41) is 18.5. The molecule has 1 atom stereocenters. The topological polar surface area (TPSA) is 114 Å². The third-order valence-electron chi connectivity index (χ3n) is 5.87.